The van der Waals surface area contributed by atoms with Gasteiger partial charge >= 0.3 is 11.9 Å². The van der Waals surface area contributed by atoms with E-state index in [1.165, 1.54) is 12.1 Å². The van der Waals surface area contributed by atoms with Gasteiger partial charge in [0, 0.05) is 120 Å². The third kappa shape index (κ3) is 18.7. The number of benzene rings is 3. The summed E-state index contributed by atoms with van der Waals surface area (Å²) in [6.07, 6.45) is 14.4. The molecule has 0 aromatic heterocycles. The van der Waals surface area contributed by atoms with E-state index in [9.17, 15) is 38.7 Å². The summed E-state index contributed by atoms with van der Waals surface area (Å²) < 4.78 is 17.0. The van der Waals surface area contributed by atoms with Crippen molar-refractivity contribution in [3.63, 3.8) is 0 Å². The van der Waals surface area contributed by atoms with Gasteiger partial charge in [-0.15, -0.1) is 46.4 Å². The molecule has 16 nitrogen and oxygen atoms in total. The number of esters is 1. The molecule has 2 heterocycles. The number of fused-ring (bicyclic) bond motifs is 10. The van der Waals surface area contributed by atoms with Gasteiger partial charge in [-0.2, -0.15) is 0 Å². The van der Waals surface area contributed by atoms with Crippen molar-refractivity contribution >= 4 is 145 Å². The Labute approximate surface area is 605 Å². The number of carboxylic acids is 1. The van der Waals surface area contributed by atoms with Crippen LogP contribution in [0.3, 0.4) is 0 Å². The number of Topliss-reactive ketones (excluding diaryl/α,β-unsaturated/α-hetero) is 2. The molecule has 4 N–H and O–H groups in total. The molecule has 6 aliphatic carbocycles. The lowest BCUT2D eigenvalue weighted by atomic mass is 9.53. The highest BCUT2D eigenvalue weighted by Gasteiger charge is 2.61. The SMILES string of the molecule is C.C[C@]12CC[C@H](O)CC1=CC(=O)N[C@@H]1[C@@H]2CC[C@]2(C)C(=O)CC[C@@H]12.C[C@]12CC[C@H](OC(=O)CCOc3ccc(N(CCCl)CCCl)cc3)CC1=CC(=O)N[C@@H]1[C@@H]2CC[C@]2(C)C(=O)CC[C@@H]12.O=C(Cl)c1c(Cl)cc(Cl)cc1Cl.O=C(O)CCOc1ccc(N(CCCl)CCCl)cc1. The molecule has 96 heavy (non-hydrogen) atoms. The fourth-order valence-corrected chi connectivity index (χ4v) is 18.4. The van der Waals surface area contributed by atoms with Crippen molar-refractivity contribution in [2.24, 2.45) is 45.3 Å². The number of amides is 2. The highest BCUT2D eigenvalue weighted by Crippen LogP contribution is 2.61. The number of carboxylic acid groups (broad SMARTS) is 1. The second-order valence-corrected chi connectivity index (χ2v) is 30.2. The number of anilines is 2. The topological polar surface area (TPSA) is 218 Å². The van der Waals surface area contributed by atoms with Gasteiger partial charge in [-0.05, 0) is 177 Å². The predicted molar refractivity (Wildman–Crippen MR) is 383 cm³/mol. The minimum absolute atomic E-state index is 0. The van der Waals surface area contributed by atoms with Gasteiger partial charge in [0.05, 0.1) is 47.8 Å². The fourth-order valence-electron chi connectivity index (χ4n) is 16.3. The Kier molecular flexibility index (Phi) is 28.9. The molecule has 2 amide bonds. The van der Waals surface area contributed by atoms with Crippen molar-refractivity contribution in [3.05, 3.63) is 105 Å². The Morgan fingerprint density at radius 2 is 0.958 bits per heavy atom. The van der Waals surface area contributed by atoms with Crippen LogP contribution in [0.15, 0.2) is 84.0 Å². The smallest absolute Gasteiger partial charge is 0.309 e. The molecule has 3 aromatic rings. The van der Waals surface area contributed by atoms with Gasteiger partial charge < -0.3 is 44.9 Å². The number of ketones is 2. The maximum Gasteiger partial charge on any atom is 0.309 e. The molecule has 6 saturated carbocycles. The quantitative estimate of drug-likeness (QED) is 0.0470. The molecule has 0 unspecified atom stereocenters. The average molecular weight is 1490 g/mol. The summed E-state index contributed by atoms with van der Waals surface area (Å²) in [5.74, 6) is 4.06. The van der Waals surface area contributed by atoms with Crippen LogP contribution in [0.5, 0.6) is 11.5 Å². The largest absolute Gasteiger partial charge is 0.493 e. The van der Waals surface area contributed by atoms with E-state index in [4.69, 9.17) is 112 Å². The number of aliphatic hydroxyl groups excluding tert-OH is 1. The summed E-state index contributed by atoms with van der Waals surface area (Å²) >= 11 is 45.4. The molecule has 0 radical (unpaired) electrons. The number of nitrogens with one attached hydrogen (secondary N) is 2. The second kappa shape index (κ2) is 35.2. The lowest BCUT2D eigenvalue weighted by Crippen LogP contribution is -2.56. The zero-order valence-corrected chi connectivity index (χ0v) is 60.4. The number of aliphatic carboxylic acids is 1. The van der Waals surface area contributed by atoms with Gasteiger partial charge in [-0.3, -0.25) is 33.6 Å². The van der Waals surface area contributed by atoms with Crippen LogP contribution in [-0.2, 0) is 33.5 Å². The molecule has 0 spiro atoms. The summed E-state index contributed by atoms with van der Waals surface area (Å²) in [7, 11) is 0. The number of hydrogen-bond donors (Lipinski definition) is 4. The number of halogens is 8. The Bertz CT molecular complexity index is 3270. The molecular weight excluding hydrogens is 1400 g/mol. The summed E-state index contributed by atoms with van der Waals surface area (Å²) in [5.41, 5.74) is 3.60. The minimum atomic E-state index is -0.868. The molecule has 11 rings (SSSR count). The lowest BCUT2D eigenvalue weighted by molar-refractivity contribution is -0.151. The summed E-state index contributed by atoms with van der Waals surface area (Å²) in [5, 5.41) is 25.1. The summed E-state index contributed by atoms with van der Waals surface area (Å²) in [4.78, 5) is 88.7. The van der Waals surface area contributed by atoms with E-state index in [0.717, 1.165) is 99.8 Å². The first-order valence-electron chi connectivity index (χ1n) is 32.9. The highest BCUT2D eigenvalue weighted by molar-refractivity contribution is 6.70. The summed E-state index contributed by atoms with van der Waals surface area (Å²) in [6, 6.07) is 18.1. The van der Waals surface area contributed by atoms with Crippen molar-refractivity contribution < 1.29 is 58.0 Å². The van der Waals surface area contributed by atoms with Crippen LogP contribution in [0.4, 0.5) is 11.4 Å². The number of carbonyl (C=O) groups excluding carboxylic acids is 6. The van der Waals surface area contributed by atoms with E-state index in [0.29, 0.717) is 96.3 Å². The van der Waals surface area contributed by atoms with Crippen LogP contribution in [0.25, 0.3) is 0 Å². The van der Waals surface area contributed by atoms with Crippen molar-refractivity contribution in [1.29, 1.82) is 0 Å². The second-order valence-electron chi connectivity index (χ2n) is 27.1. The Morgan fingerprint density at radius 3 is 1.38 bits per heavy atom. The highest BCUT2D eigenvalue weighted by atomic mass is 35.5. The van der Waals surface area contributed by atoms with Crippen molar-refractivity contribution in [2.75, 3.05) is 72.7 Å². The monoisotopic (exact) mass is 1480 g/mol. The van der Waals surface area contributed by atoms with E-state index in [-0.39, 0.29) is 131 Å². The first-order chi connectivity index (χ1) is 45.2. The average Bonchev–Trinajstić information content (AvgIpc) is 1.52. The standard InChI is InChI=1S/C32H42Cl2N2O5.C19H27NO3.C13H17Cl2NO3.C7H2Cl4O.CH4/c1-31-12-9-24(41-29(39)11-18-40-23-5-3-22(4-6-23)36(16-14-33)17-15-34)19-21(31)20-28(38)35-30-25-7-8-27(37)32(25,2)13-10-26(30)31;1-18-7-5-12(21)9-11(18)10-16(23)20-17-13-3-4-15(22)19(13,2)8-6-14(17)18;14-6-8-16(9-7-15)11-1-3-12(4-2-11)19-10-5-13(17)18;8-3-1-4(9)6(7(11)12)5(10)2-3;/h3-6,20,24-26,30H,7-19H2,1-2H3,(H,35,38);10,12-14,17,21H,3-9H2,1-2H3,(H,20,23);1-4H,5-10H2,(H,17,18);1-2H;1H4/t24-,25-,26-,30-,31-,32-;12-,13-,14-,17-,18-,19-;;;/m00.../s1. The number of ether oxygens (including phenoxy) is 3. The van der Waals surface area contributed by atoms with E-state index >= 15 is 0 Å². The number of carbonyl (C=O) groups is 7. The first-order valence-corrected chi connectivity index (χ1v) is 36.6. The van der Waals surface area contributed by atoms with Gasteiger partial charge in [0.2, 0.25) is 11.8 Å². The van der Waals surface area contributed by atoms with Crippen LogP contribution in [0, 0.1) is 45.3 Å². The van der Waals surface area contributed by atoms with Crippen molar-refractivity contribution in [1.82, 2.24) is 10.6 Å². The molecule has 24 heteroatoms. The molecule has 0 bridgehead atoms. The molecule has 528 valence electrons. The molecule has 2 aliphatic heterocycles. The van der Waals surface area contributed by atoms with Crippen molar-refractivity contribution in [3.8, 4) is 11.5 Å². The number of aliphatic hydroxyl groups is 1. The van der Waals surface area contributed by atoms with Gasteiger partial charge in [0.25, 0.3) is 5.24 Å². The van der Waals surface area contributed by atoms with E-state index < -0.39 is 11.2 Å². The minimum Gasteiger partial charge on any atom is -0.493 e. The van der Waals surface area contributed by atoms with Crippen LogP contribution in [-0.4, -0.2) is 138 Å². The van der Waals surface area contributed by atoms with Gasteiger partial charge in [-0.1, -0.05) is 81.1 Å². The van der Waals surface area contributed by atoms with E-state index in [1.54, 1.807) is 12.2 Å². The van der Waals surface area contributed by atoms with Gasteiger partial charge in [-0.25, -0.2) is 0 Å². The number of hydrogen-bond acceptors (Lipinski definition) is 13. The van der Waals surface area contributed by atoms with Crippen molar-refractivity contribution in [2.45, 2.75) is 162 Å². The Morgan fingerprint density at radius 1 is 0.562 bits per heavy atom. The predicted octanol–water partition coefficient (Wildman–Crippen LogP) is 15.5. The number of rotatable bonds is 20. The van der Waals surface area contributed by atoms with Gasteiger partial charge in [0.1, 0.15) is 29.2 Å². The third-order valence-corrected chi connectivity index (χ3v) is 23.3. The maximum absolute atomic E-state index is 13.0. The molecule has 6 fully saturated rings. The summed E-state index contributed by atoms with van der Waals surface area (Å²) in [6.45, 7) is 12.1. The molecule has 3 aromatic carbocycles. The Balaban J connectivity index is 0.000000199. The first kappa shape index (κ1) is 78.8. The van der Waals surface area contributed by atoms with E-state index in [1.807, 2.05) is 48.5 Å². The molecule has 8 aliphatic rings. The van der Waals surface area contributed by atoms with Crippen LogP contribution >= 0.6 is 92.8 Å². The zero-order valence-electron chi connectivity index (χ0n) is 54.3. The van der Waals surface area contributed by atoms with Gasteiger partial charge in [0.15, 0.2) is 0 Å². The fraction of sp³-hybridized carbons (Fsp3) is 0.597. The Hall–Kier alpha value is -4.49. The number of nitrogens with zero attached hydrogens (tertiary/aromatic N) is 2. The normalized spacial score (nSPS) is 29.0. The molecule has 0 saturated heterocycles. The molecule has 12 atom stereocenters. The third-order valence-electron chi connectivity index (χ3n) is 21.7. The van der Waals surface area contributed by atoms with E-state index in [2.05, 4.69) is 48.1 Å². The van der Waals surface area contributed by atoms with Crippen LogP contribution in [0.2, 0.25) is 15.1 Å². The zero-order chi connectivity index (χ0) is 69.0. The van der Waals surface area contributed by atoms with Crippen LogP contribution < -0.4 is 29.9 Å². The number of alkyl halides is 4. The van der Waals surface area contributed by atoms with Crippen LogP contribution in [0.1, 0.15) is 148 Å². The molecular formula is C72H92Cl8N4O12. The lowest BCUT2D eigenvalue weighted by Gasteiger charge is -2.53. The maximum atomic E-state index is 13.0.